The van der Waals surface area contributed by atoms with Crippen LogP contribution in [0.3, 0.4) is 0 Å². The van der Waals surface area contributed by atoms with Gasteiger partial charge in [0.05, 0.1) is 11.2 Å². The van der Waals surface area contributed by atoms with E-state index in [4.69, 9.17) is 4.74 Å². The number of hydrogen-bond acceptors (Lipinski definition) is 4. The Balaban J connectivity index is 1.43. The molecule has 1 saturated heterocycles. The molecule has 0 bridgehead atoms. The molecule has 21 heavy (non-hydrogen) atoms. The van der Waals surface area contributed by atoms with Gasteiger partial charge < -0.3 is 4.74 Å². The van der Waals surface area contributed by atoms with E-state index in [1.807, 2.05) is 41.4 Å². The molecule has 0 spiro atoms. The van der Waals surface area contributed by atoms with E-state index in [2.05, 4.69) is 48.5 Å². The Labute approximate surface area is 139 Å². The van der Waals surface area contributed by atoms with Gasteiger partial charge in [-0.05, 0) is 29.8 Å². The summed E-state index contributed by atoms with van der Waals surface area (Å²) < 4.78 is 6.43. The molecule has 0 radical (unpaired) electrons. The fourth-order valence-corrected chi connectivity index (χ4v) is 5.72. The van der Waals surface area contributed by atoms with E-state index in [-0.39, 0.29) is 0 Å². The summed E-state index contributed by atoms with van der Waals surface area (Å²) in [6.07, 6.45) is 0. The highest BCUT2D eigenvalue weighted by atomic mass is 32.2. The summed E-state index contributed by atoms with van der Waals surface area (Å²) >= 11 is 5.91. The van der Waals surface area contributed by atoms with Crippen molar-refractivity contribution in [3.8, 4) is 5.75 Å². The average Bonchev–Trinajstić information content (AvgIpc) is 3.08. The van der Waals surface area contributed by atoms with E-state index in [0.717, 1.165) is 18.1 Å². The predicted molar refractivity (Wildman–Crippen MR) is 96.8 cm³/mol. The van der Waals surface area contributed by atoms with Crippen LogP contribution in [0, 0.1) is 0 Å². The van der Waals surface area contributed by atoms with Crippen molar-refractivity contribution in [3.63, 3.8) is 0 Å². The molecule has 0 unspecified atom stereocenters. The van der Waals surface area contributed by atoms with Gasteiger partial charge in [-0.2, -0.15) is 0 Å². The Bertz CT molecular complexity index is 536. The minimum absolute atomic E-state index is 0.618. The van der Waals surface area contributed by atoms with Crippen LogP contribution in [0.25, 0.3) is 0 Å². The first kappa shape index (κ1) is 15.2. The monoisotopic (exact) mass is 334 g/mol. The van der Waals surface area contributed by atoms with Crippen molar-refractivity contribution < 1.29 is 4.74 Å². The normalized spacial score (nSPS) is 15.2. The first-order valence-electron chi connectivity index (χ1n) is 7.06. The van der Waals surface area contributed by atoms with Gasteiger partial charge >= 0.3 is 0 Å². The molecule has 4 heteroatoms. The van der Waals surface area contributed by atoms with Crippen LogP contribution in [0.15, 0.2) is 59.5 Å². The third-order valence-electron chi connectivity index (χ3n) is 3.14. The number of thioether (sulfide) groups is 3. The lowest BCUT2D eigenvalue weighted by molar-refractivity contribution is 0.344. The average molecular weight is 335 g/mol. The van der Waals surface area contributed by atoms with Crippen molar-refractivity contribution in [2.75, 3.05) is 23.9 Å². The fourth-order valence-electron chi connectivity index (χ4n) is 2.11. The highest BCUT2D eigenvalue weighted by molar-refractivity contribution is 8.19. The Morgan fingerprint density at radius 3 is 2.38 bits per heavy atom. The third kappa shape index (κ3) is 4.63. The summed E-state index contributed by atoms with van der Waals surface area (Å²) in [5.74, 6) is 4.48. The van der Waals surface area contributed by atoms with E-state index in [9.17, 15) is 0 Å². The first-order valence-corrected chi connectivity index (χ1v) is 10.1. The summed E-state index contributed by atoms with van der Waals surface area (Å²) in [5.41, 5.74) is 1.41. The molecule has 0 aliphatic carbocycles. The van der Waals surface area contributed by atoms with Gasteiger partial charge in [-0.25, -0.2) is 0 Å². The summed E-state index contributed by atoms with van der Waals surface area (Å²) in [6.45, 7) is 0.742. The topological polar surface area (TPSA) is 9.23 Å². The summed E-state index contributed by atoms with van der Waals surface area (Å²) in [5, 5.41) is 0. The highest BCUT2D eigenvalue weighted by Crippen LogP contribution is 2.45. The van der Waals surface area contributed by atoms with Crippen LogP contribution >= 0.6 is 35.3 Å². The first-order chi connectivity index (χ1) is 10.4. The molecule has 110 valence electrons. The zero-order valence-corrected chi connectivity index (χ0v) is 14.2. The molecule has 3 rings (SSSR count). The second kappa shape index (κ2) is 8.06. The fraction of sp³-hybridized carbons (Fsp3) is 0.294. The second-order valence-electron chi connectivity index (χ2n) is 4.65. The van der Waals surface area contributed by atoms with Crippen LogP contribution in [0.4, 0.5) is 0 Å². The predicted octanol–water partition coefficient (Wildman–Crippen LogP) is 5.34. The lowest BCUT2D eigenvalue weighted by Crippen LogP contribution is -2.00. The molecular weight excluding hydrogens is 316 g/mol. The molecule has 0 atom stereocenters. The van der Waals surface area contributed by atoms with E-state index in [1.54, 1.807) is 0 Å². The molecule has 1 fully saturated rings. The van der Waals surface area contributed by atoms with Crippen LogP contribution in [0.5, 0.6) is 5.75 Å². The minimum Gasteiger partial charge on any atom is -0.493 e. The Morgan fingerprint density at radius 1 is 0.952 bits per heavy atom. The maximum atomic E-state index is 5.81. The molecule has 0 saturated carbocycles. The van der Waals surface area contributed by atoms with E-state index >= 15 is 0 Å². The zero-order chi connectivity index (χ0) is 14.3. The van der Waals surface area contributed by atoms with Crippen LogP contribution in [-0.4, -0.2) is 23.9 Å². The largest absolute Gasteiger partial charge is 0.493 e. The van der Waals surface area contributed by atoms with Crippen molar-refractivity contribution >= 4 is 35.3 Å². The van der Waals surface area contributed by atoms with Gasteiger partial charge in [0.2, 0.25) is 0 Å². The van der Waals surface area contributed by atoms with E-state index in [1.165, 1.54) is 22.0 Å². The van der Waals surface area contributed by atoms with Crippen molar-refractivity contribution in [1.29, 1.82) is 0 Å². The maximum Gasteiger partial charge on any atom is 0.119 e. The Kier molecular flexibility index (Phi) is 5.83. The van der Waals surface area contributed by atoms with Gasteiger partial charge in [0.15, 0.2) is 0 Å². The molecule has 1 aliphatic heterocycles. The number of ether oxygens (including phenoxy) is 1. The highest BCUT2D eigenvalue weighted by Gasteiger charge is 2.17. The summed E-state index contributed by atoms with van der Waals surface area (Å²) in [4.78, 5) is 1.30. The molecular formula is C17H18OS3. The van der Waals surface area contributed by atoms with Crippen LogP contribution < -0.4 is 4.74 Å². The van der Waals surface area contributed by atoms with Gasteiger partial charge in [0, 0.05) is 22.2 Å². The van der Waals surface area contributed by atoms with Crippen molar-refractivity contribution in [1.82, 2.24) is 0 Å². The molecule has 1 nitrogen and oxygen atoms in total. The number of hydrogen-bond donors (Lipinski definition) is 0. The van der Waals surface area contributed by atoms with Crippen molar-refractivity contribution in [2.24, 2.45) is 0 Å². The molecule has 1 aliphatic rings. The number of benzene rings is 2. The SMILES string of the molecule is c1ccc(SCCOc2ccc(C3SCCS3)cc2)cc1. The lowest BCUT2D eigenvalue weighted by atomic mass is 10.2. The van der Waals surface area contributed by atoms with Crippen LogP contribution in [0.2, 0.25) is 0 Å². The Hall–Kier alpha value is -0.710. The standard InChI is InChI=1S/C17H18OS3/c1-2-4-16(5-3-1)19-11-10-18-15-8-6-14(7-9-15)17-20-12-13-21-17/h1-9,17H,10-13H2. The van der Waals surface area contributed by atoms with Gasteiger partial charge in [0.1, 0.15) is 5.75 Å². The molecule has 2 aromatic carbocycles. The van der Waals surface area contributed by atoms with Crippen LogP contribution in [0.1, 0.15) is 10.1 Å². The van der Waals surface area contributed by atoms with Gasteiger partial charge in [-0.3, -0.25) is 0 Å². The molecule has 1 heterocycles. The molecule has 0 amide bonds. The van der Waals surface area contributed by atoms with Crippen LogP contribution in [-0.2, 0) is 0 Å². The van der Waals surface area contributed by atoms with Gasteiger partial charge in [0.25, 0.3) is 0 Å². The molecule has 2 aromatic rings. The van der Waals surface area contributed by atoms with E-state index < -0.39 is 0 Å². The second-order valence-corrected chi connectivity index (χ2v) is 8.55. The van der Waals surface area contributed by atoms with Gasteiger partial charge in [-0.15, -0.1) is 35.3 Å². The maximum absolute atomic E-state index is 5.81. The third-order valence-corrected chi connectivity index (χ3v) is 7.22. The minimum atomic E-state index is 0.618. The quantitative estimate of drug-likeness (QED) is 0.521. The van der Waals surface area contributed by atoms with Gasteiger partial charge in [-0.1, -0.05) is 30.3 Å². The smallest absolute Gasteiger partial charge is 0.119 e. The molecule has 0 aromatic heterocycles. The molecule has 0 N–H and O–H groups in total. The van der Waals surface area contributed by atoms with Crippen molar-refractivity contribution in [2.45, 2.75) is 9.48 Å². The van der Waals surface area contributed by atoms with E-state index in [0.29, 0.717) is 4.58 Å². The lowest BCUT2D eigenvalue weighted by Gasteiger charge is -2.10. The Morgan fingerprint density at radius 2 is 1.67 bits per heavy atom. The summed E-state index contributed by atoms with van der Waals surface area (Å²) in [7, 11) is 0. The number of rotatable bonds is 6. The summed E-state index contributed by atoms with van der Waals surface area (Å²) in [6, 6.07) is 19.1. The zero-order valence-electron chi connectivity index (χ0n) is 11.7. The van der Waals surface area contributed by atoms with Crippen molar-refractivity contribution in [3.05, 3.63) is 60.2 Å².